The first-order valence-electron chi connectivity index (χ1n) is 5.64. The van der Waals surface area contributed by atoms with Gasteiger partial charge in [-0.2, -0.15) is 35.1 Å². The van der Waals surface area contributed by atoms with Crippen LogP contribution in [-0.4, -0.2) is 27.9 Å². The van der Waals surface area contributed by atoms with Crippen LogP contribution >= 0.6 is 23.2 Å². The van der Waals surface area contributed by atoms with Crippen molar-refractivity contribution in [2.45, 2.75) is 22.6 Å². The third-order valence-corrected chi connectivity index (χ3v) is 3.37. The third kappa shape index (κ3) is 3.37. The van der Waals surface area contributed by atoms with E-state index in [1.807, 2.05) is 0 Å². The molecule has 136 valence electrons. The molecule has 1 aromatic carbocycles. The Labute approximate surface area is 139 Å². The molecule has 0 aliphatic rings. The summed E-state index contributed by atoms with van der Waals surface area (Å²) < 4.78 is 106. The van der Waals surface area contributed by atoms with Crippen molar-refractivity contribution in [3.63, 3.8) is 0 Å². The first-order chi connectivity index (χ1) is 10.5. The van der Waals surface area contributed by atoms with Crippen molar-refractivity contribution in [3.8, 4) is 0 Å². The molecule has 0 bridgehead atoms. The quantitative estimate of drug-likeness (QED) is 0.305. The smallest absolute Gasteiger partial charge is 0.423 e. The van der Waals surface area contributed by atoms with E-state index in [-0.39, 0.29) is 12.1 Å². The number of nitrogen functional groups attached to an aromatic ring is 1. The lowest BCUT2D eigenvalue weighted by Gasteiger charge is -2.29. The summed E-state index contributed by atoms with van der Waals surface area (Å²) in [5.41, 5.74) is -2.76. The highest BCUT2D eigenvalue weighted by molar-refractivity contribution is 6.60. The molecule has 0 heterocycles. The highest BCUT2D eigenvalue weighted by Gasteiger charge is 2.62. The van der Waals surface area contributed by atoms with Crippen molar-refractivity contribution in [1.29, 1.82) is 0 Å². The van der Waals surface area contributed by atoms with Crippen LogP contribution in [0.1, 0.15) is 11.1 Å². The van der Waals surface area contributed by atoms with Crippen LogP contribution in [0, 0.1) is 0 Å². The minimum atomic E-state index is -5.51. The van der Waals surface area contributed by atoms with Crippen molar-refractivity contribution >= 4 is 41.5 Å². The first kappa shape index (κ1) is 21.1. The van der Waals surface area contributed by atoms with Crippen molar-refractivity contribution in [2.24, 2.45) is 0 Å². The number of anilines is 1. The molecule has 0 aliphatic carbocycles. The summed E-state index contributed by atoms with van der Waals surface area (Å²) in [6, 6.07) is 0.190. The van der Waals surface area contributed by atoms with E-state index in [0.29, 0.717) is 0 Å². The van der Waals surface area contributed by atoms with Gasteiger partial charge in [0, 0.05) is 16.7 Å². The lowest BCUT2D eigenvalue weighted by molar-refractivity contribution is -0.167. The Morgan fingerprint density at radius 3 is 1.58 bits per heavy atom. The molecule has 0 amide bonds. The van der Waals surface area contributed by atoms with E-state index in [1.54, 1.807) is 0 Å². The molecule has 1 aromatic rings. The van der Waals surface area contributed by atoms with Crippen molar-refractivity contribution in [1.82, 2.24) is 0 Å². The van der Waals surface area contributed by atoms with Gasteiger partial charge in [-0.05, 0) is 29.3 Å². The lowest BCUT2D eigenvalue weighted by atomic mass is 9.70. The molecule has 0 aromatic heterocycles. The number of nitrogens with two attached hydrogens (primary N) is 1. The van der Waals surface area contributed by atoms with Gasteiger partial charge in [0.2, 0.25) is 0 Å². The van der Waals surface area contributed by atoms with Gasteiger partial charge in [0.15, 0.2) is 0 Å². The summed E-state index contributed by atoms with van der Waals surface area (Å²) in [5.74, 6) is -10.9. The van der Waals surface area contributed by atoms with Gasteiger partial charge in [-0.1, -0.05) is 6.07 Å². The number of hydrogen-bond donors (Lipinski definition) is 3. The largest absolute Gasteiger partial charge is 0.489 e. The third-order valence-electron chi connectivity index (χ3n) is 2.90. The molecule has 0 spiro atoms. The Kier molecular flexibility index (Phi) is 5.34. The van der Waals surface area contributed by atoms with Crippen LogP contribution in [0.5, 0.6) is 0 Å². The van der Waals surface area contributed by atoms with Crippen LogP contribution in [0.25, 0.3) is 0 Å². The molecule has 0 saturated carbocycles. The van der Waals surface area contributed by atoms with Crippen LogP contribution in [0.2, 0.25) is 0 Å². The zero-order valence-corrected chi connectivity index (χ0v) is 12.5. The van der Waals surface area contributed by atoms with Crippen molar-refractivity contribution < 1.29 is 45.2 Å². The van der Waals surface area contributed by atoms with Gasteiger partial charge in [0.25, 0.3) is 0 Å². The molecule has 0 fully saturated rings. The highest BCUT2D eigenvalue weighted by atomic mass is 35.5. The van der Waals surface area contributed by atoms with E-state index in [4.69, 9.17) is 15.8 Å². The van der Waals surface area contributed by atoms with E-state index in [9.17, 15) is 35.1 Å². The van der Waals surface area contributed by atoms with Gasteiger partial charge in [-0.15, -0.1) is 0 Å². The van der Waals surface area contributed by atoms with Crippen LogP contribution in [0.15, 0.2) is 12.1 Å². The van der Waals surface area contributed by atoms with Crippen molar-refractivity contribution in [2.75, 3.05) is 5.73 Å². The van der Waals surface area contributed by atoms with E-state index in [0.717, 1.165) is 0 Å². The Morgan fingerprint density at radius 1 is 0.833 bits per heavy atom. The maximum atomic E-state index is 13.8. The summed E-state index contributed by atoms with van der Waals surface area (Å²) in [6.45, 7) is 0. The van der Waals surface area contributed by atoms with Gasteiger partial charge in [-0.25, -0.2) is 0 Å². The molecule has 1 rings (SSSR count). The number of alkyl halides is 10. The molecule has 0 unspecified atom stereocenters. The average molecular weight is 406 g/mol. The maximum absolute atomic E-state index is 13.8. The van der Waals surface area contributed by atoms with Crippen LogP contribution in [-0.2, 0) is 11.8 Å². The predicted molar refractivity (Wildman–Crippen MR) is 70.1 cm³/mol. The summed E-state index contributed by atoms with van der Waals surface area (Å²) in [6.07, 6.45) is 0. The van der Waals surface area contributed by atoms with Gasteiger partial charge in [0.05, 0.1) is 5.56 Å². The zero-order chi connectivity index (χ0) is 19.3. The minimum Gasteiger partial charge on any atom is -0.423 e. The van der Waals surface area contributed by atoms with Gasteiger partial charge < -0.3 is 15.8 Å². The second-order valence-corrected chi connectivity index (χ2v) is 5.46. The Bertz CT molecular complexity index is 633. The maximum Gasteiger partial charge on any atom is 0.489 e. The van der Waals surface area contributed by atoms with Crippen LogP contribution in [0.4, 0.5) is 40.8 Å². The monoisotopic (exact) mass is 405 g/mol. The SMILES string of the molecule is Nc1ccc(C(F)(F)C(F)(F)Cl)c(B(O)O)c1C(F)(F)C(F)(F)Cl. The molecule has 0 aliphatic heterocycles. The van der Waals surface area contributed by atoms with Crippen molar-refractivity contribution in [3.05, 3.63) is 23.3 Å². The second-order valence-electron chi connectivity index (χ2n) is 4.51. The van der Waals surface area contributed by atoms with Gasteiger partial charge >= 0.3 is 29.7 Å². The zero-order valence-electron chi connectivity index (χ0n) is 11.0. The highest BCUT2D eigenvalue weighted by Crippen LogP contribution is 2.50. The molecular formula is C10H6BCl2F8NO2. The average Bonchev–Trinajstić information content (AvgIpc) is 2.34. The lowest BCUT2D eigenvalue weighted by Crippen LogP contribution is -2.49. The molecular weight excluding hydrogens is 400 g/mol. The molecule has 0 atom stereocenters. The first-order valence-corrected chi connectivity index (χ1v) is 6.40. The Balaban J connectivity index is 3.92. The molecule has 4 N–H and O–H groups in total. The second kappa shape index (κ2) is 6.08. The van der Waals surface area contributed by atoms with E-state index >= 15 is 0 Å². The fraction of sp³-hybridized carbons (Fsp3) is 0.400. The fourth-order valence-electron chi connectivity index (χ4n) is 1.82. The standard InChI is InChI=1S/C10H6BCl2F8NO2/c12-9(18,19)7(14,15)3-1-2-4(22)5(6(3)11(23)24)8(16,17)10(13,20)21/h1-2,23-24H,22H2. The number of benzene rings is 1. The van der Waals surface area contributed by atoms with Gasteiger partial charge in [-0.3, -0.25) is 0 Å². The van der Waals surface area contributed by atoms with E-state index < -0.39 is 52.0 Å². The normalized spacial score (nSPS) is 14.0. The summed E-state index contributed by atoms with van der Waals surface area (Å²) in [4.78, 5) is 0. The van der Waals surface area contributed by atoms with Crippen LogP contribution in [0.3, 0.4) is 0 Å². The predicted octanol–water partition coefficient (Wildman–Crippen LogP) is 2.80. The molecule has 24 heavy (non-hydrogen) atoms. The Hall–Kier alpha value is -0.975. The van der Waals surface area contributed by atoms with E-state index in [1.165, 1.54) is 0 Å². The number of rotatable bonds is 5. The number of hydrogen-bond acceptors (Lipinski definition) is 3. The Morgan fingerprint density at radius 2 is 1.25 bits per heavy atom. The van der Waals surface area contributed by atoms with Crippen LogP contribution < -0.4 is 11.2 Å². The topological polar surface area (TPSA) is 66.5 Å². The fourth-order valence-corrected chi connectivity index (χ4v) is 2.02. The van der Waals surface area contributed by atoms with E-state index in [2.05, 4.69) is 23.2 Å². The summed E-state index contributed by atoms with van der Waals surface area (Å²) >= 11 is 8.39. The van der Waals surface area contributed by atoms with Gasteiger partial charge in [0.1, 0.15) is 0 Å². The molecule has 0 saturated heterocycles. The summed E-state index contributed by atoms with van der Waals surface area (Å²) in [7, 11) is -3.30. The minimum absolute atomic E-state index is 0.0202. The molecule has 14 heteroatoms. The number of halogens is 10. The molecule has 0 radical (unpaired) electrons. The summed E-state index contributed by atoms with van der Waals surface area (Å²) in [5, 5.41) is 7.26. The molecule has 3 nitrogen and oxygen atoms in total.